The van der Waals surface area contributed by atoms with E-state index in [1.165, 1.54) is 10.4 Å². The first kappa shape index (κ1) is 21.9. The predicted octanol–water partition coefficient (Wildman–Crippen LogP) is 3.88. The van der Waals surface area contributed by atoms with Gasteiger partial charge < -0.3 is 10.6 Å². The van der Waals surface area contributed by atoms with Gasteiger partial charge in [-0.05, 0) is 48.4 Å². The minimum atomic E-state index is -3.22. The van der Waals surface area contributed by atoms with Crippen molar-refractivity contribution in [3.63, 3.8) is 0 Å². The van der Waals surface area contributed by atoms with Gasteiger partial charge in [0, 0.05) is 24.7 Å². The Hall–Kier alpha value is -2.84. The lowest BCUT2D eigenvalue weighted by Crippen LogP contribution is -2.24. The second-order valence-electron chi connectivity index (χ2n) is 6.75. The molecule has 7 nitrogen and oxygen atoms in total. The van der Waals surface area contributed by atoms with Gasteiger partial charge in [-0.3, -0.25) is 13.9 Å². The molecule has 1 aliphatic heterocycles. The van der Waals surface area contributed by atoms with Crippen LogP contribution in [0.15, 0.2) is 48.5 Å². The third-order valence-electron chi connectivity index (χ3n) is 4.54. The van der Waals surface area contributed by atoms with Crippen LogP contribution in [-0.4, -0.2) is 32.5 Å². The normalized spacial score (nSPS) is 15.3. The fourth-order valence-corrected chi connectivity index (χ4v) is 4.71. The average molecular weight is 448 g/mol. The molecule has 0 saturated carbocycles. The van der Waals surface area contributed by atoms with Gasteiger partial charge in [-0.2, -0.15) is 0 Å². The Balaban J connectivity index is 1.65. The molecule has 0 unspecified atom stereocenters. The average Bonchev–Trinajstić information content (AvgIpc) is 3.08. The zero-order chi connectivity index (χ0) is 21.7. The highest BCUT2D eigenvalue weighted by Crippen LogP contribution is 2.26. The Labute approximate surface area is 180 Å². The number of halogens is 1. The zero-order valence-corrected chi connectivity index (χ0v) is 18.0. The molecule has 2 amide bonds. The molecule has 0 spiro atoms. The first-order valence-corrected chi connectivity index (χ1v) is 11.5. The molecule has 9 heteroatoms. The molecule has 2 aromatic rings. The Kier molecular flexibility index (Phi) is 6.79. The summed E-state index contributed by atoms with van der Waals surface area (Å²) in [5.41, 5.74) is 2.29. The van der Waals surface area contributed by atoms with E-state index in [-0.39, 0.29) is 17.6 Å². The summed E-state index contributed by atoms with van der Waals surface area (Å²) in [5.74, 6) is -0.359. The molecule has 158 valence electrons. The van der Waals surface area contributed by atoms with E-state index >= 15 is 0 Å². The first-order valence-electron chi connectivity index (χ1n) is 9.47. The second kappa shape index (κ2) is 9.32. The number of hydrogen-bond acceptors (Lipinski definition) is 4. The van der Waals surface area contributed by atoms with Crippen molar-refractivity contribution < 1.29 is 18.0 Å². The highest BCUT2D eigenvalue weighted by atomic mass is 35.5. The summed E-state index contributed by atoms with van der Waals surface area (Å²) in [7, 11) is -3.22. The van der Waals surface area contributed by atoms with Crippen LogP contribution in [0.25, 0.3) is 6.08 Å². The van der Waals surface area contributed by atoms with E-state index in [9.17, 15) is 18.0 Å². The van der Waals surface area contributed by atoms with Crippen molar-refractivity contribution in [2.24, 2.45) is 0 Å². The molecule has 0 aliphatic carbocycles. The number of amides is 2. The van der Waals surface area contributed by atoms with Gasteiger partial charge in [0.2, 0.25) is 21.8 Å². The molecule has 30 heavy (non-hydrogen) atoms. The van der Waals surface area contributed by atoms with Crippen LogP contribution >= 0.6 is 11.6 Å². The van der Waals surface area contributed by atoms with Gasteiger partial charge in [0.25, 0.3) is 0 Å². The lowest BCUT2D eigenvalue weighted by atomic mass is 10.2. The molecule has 0 atom stereocenters. The van der Waals surface area contributed by atoms with Gasteiger partial charge in [-0.15, -0.1) is 0 Å². The Morgan fingerprint density at radius 1 is 1.13 bits per heavy atom. The zero-order valence-electron chi connectivity index (χ0n) is 16.4. The summed E-state index contributed by atoms with van der Waals surface area (Å²) in [5, 5.41) is 5.74. The summed E-state index contributed by atoms with van der Waals surface area (Å²) < 4.78 is 25.4. The lowest BCUT2D eigenvalue weighted by Gasteiger charge is -2.16. The molecule has 3 rings (SSSR count). The van der Waals surface area contributed by atoms with Crippen molar-refractivity contribution in [2.45, 2.75) is 19.8 Å². The molecule has 1 heterocycles. The molecule has 2 N–H and O–H groups in total. The van der Waals surface area contributed by atoms with Crippen LogP contribution in [0.1, 0.15) is 25.3 Å². The summed E-state index contributed by atoms with van der Waals surface area (Å²) >= 11 is 6.13. The Morgan fingerprint density at radius 2 is 1.87 bits per heavy atom. The second-order valence-corrected chi connectivity index (χ2v) is 9.17. The largest absolute Gasteiger partial charge is 0.326 e. The number of hydrogen-bond donors (Lipinski definition) is 2. The summed E-state index contributed by atoms with van der Waals surface area (Å²) in [6.07, 6.45) is 3.94. The van der Waals surface area contributed by atoms with Crippen molar-refractivity contribution >= 4 is 56.6 Å². The molecule has 1 fully saturated rings. The van der Waals surface area contributed by atoms with E-state index in [2.05, 4.69) is 10.6 Å². The fraction of sp³-hybridized carbons (Fsp3) is 0.238. The van der Waals surface area contributed by atoms with Crippen LogP contribution in [0.4, 0.5) is 17.1 Å². The van der Waals surface area contributed by atoms with Crippen molar-refractivity contribution in [3.05, 3.63) is 59.1 Å². The Bertz CT molecular complexity index is 1080. The number of nitrogens with one attached hydrogen (secondary N) is 2. The van der Waals surface area contributed by atoms with Gasteiger partial charge in [0.1, 0.15) is 0 Å². The highest BCUT2D eigenvalue weighted by Gasteiger charge is 2.28. The van der Waals surface area contributed by atoms with Crippen molar-refractivity contribution in [1.82, 2.24) is 0 Å². The third kappa shape index (κ3) is 5.40. The predicted molar refractivity (Wildman–Crippen MR) is 120 cm³/mol. The SMILES string of the molecule is CCC(=O)Nc1ccc(Cl)c(NC(=O)/C=C/c2ccc(N3CCCS3(=O)=O)cc2)c1. The van der Waals surface area contributed by atoms with E-state index in [0.29, 0.717) is 41.5 Å². The maximum absolute atomic E-state index is 12.3. The number of rotatable bonds is 6. The van der Waals surface area contributed by atoms with Crippen molar-refractivity contribution in [2.75, 3.05) is 27.2 Å². The lowest BCUT2D eigenvalue weighted by molar-refractivity contribution is -0.116. The molecule has 0 aromatic heterocycles. The minimum Gasteiger partial charge on any atom is -0.326 e. The van der Waals surface area contributed by atoms with Crippen LogP contribution in [0, 0.1) is 0 Å². The molecule has 0 radical (unpaired) electrons. The number of anilines is 3. The molecule has 2 aromatic carbocycles. The quantitative estimate of drug-likeness (QED) is 0.657. The summed E-state index contributed by atoms with van der Waals surface area (Å²) in [4.78, 5) is 23.8. The van der Waals surface area contributed by atoms with Gasteiger partial charge in [0.05, 0.1) is 22.2 Å². The van der Waals surface area contributed by atoms with E-state index in [1.807, 2.05) is 0 Å². The molecule has 1 aliphatic rings. The smallest absolute Gasteiger partial charge is 0.248 e. The molecule has 1 saturated heterocycles. The van der Waals surface area contributed by atoms with Gasteiger partial charge >= 0.3 is 0 Å². The summed E-state index contributed by atoms with van der Waals surface area (Å²) in [6, 6.07) is 11.8. The van der Waals surface area contributed by atoms with Crippen LogP contribution in [0.2, 0.25) is 5.02 Å². The van der Waals surface area contributed by atoms with E-state index in [1.54, 1.807) is 55.5 Å². The molecular weight excluding hydrogens is 426 g/mol. The van der Waals surface area contributed by atoms with Crippen LogP contribution in [-0.2, 0) is 19.6 Å². The molecule has 0 bridgehead atoms. The van der Waals surface area contributed by atoms with Gasteiger partial charge in [0.15, 0.2) is 0 Å². The monoisotopic (exact) mass is 447 g/mol. The van der Waals surface area contributed by atoms with E-state index < -0.39 is 10.0 Å². The standard InChI is InChI=1S/C21H22ClN3O4S/c1-2-20(26)23-16-7-10-18(22)19(14-16)24-21(27)11-6-15-4-8-17(9-5-15)25-12-3-13-30(25,28)29/h4-11,14H,2-3,12-13H2,1H3,(H,23,26)(H,24,27)/b11-6+. The topological polar surface area (TPSA) is 95.6 Å². The van der Waals surface area contributed by atoms with Crippen LogP contribution in [0.5, 0.6) is 0 Å². The number of nitrogens with zero attached hydrogens (tertiary/aromatic N) is 1. The minimum absolute atomic E-state index is 0.139. The fourth-order valence-electron chi connectivity index (χ4n) is 2.98. The van der Waals surface area contributed by atoms with Crippen molar-refractivity contribution in [3.8, 4) is 0 Å². The first-order chi connectivity index (χ1) is 14.3. The van der Waals surface area contributed by atoms with Gasteiger partial charge in [-0.1, -0.05) is 30.7 Å². The number of carbonyl (C=O) groups excluding carboxylic acids is 2. The summed E-state index contributed by atoms with van der Waals surface area (Å²) in [6.45, 7) is 2.23. The van der Waals surface area contributed by atoms with Crippen LogP contribution < -0.4 is 14.9 Å². The van der Waals surface area contributed by atoms with Crippen molar-refractivity contribution in [1.29, 1.82) is 0 Å². The van der Waals surface area contributed by atoms with Crippen LogP contribution in [0.3, 0.4) is 0 Å². The third-order valence-corrected chi connectivity index (χ3v) is 6.74. The number of benzene rings is 2. The number of sulfonamides is 1. The van der Waals surface area contributed by atoms with Gasteiger partial charge in [-0.25, -0.2) is 8.42 Å². The highest BCUT2D eigenvalue weighted by molar-refractivity contribution is 7.93. The van der Waals surface area contributed by atoms with E-state index in [0.717, 1.165) is 5.56 Å². The van der Waals surface area contributed by atoms with E-state index in [4.69, 9.17) is 11.6 Å². The maximum Gasteiger partial charge on any atom is 0.248 e. The Morgan fingerprint density at radius 3 is 2.50 bits per heavy atom. The molecular formula is C21H22ClN3O4S. The number of carbonyl (C=O) groups is 2. The maximum atomic E-state index is 12.3.